The van der Waals surface area contributed by atoms with Crippen LogP contribution in [0, 0.1) is 6.92 Å². The minimum absolute atomic E-state index is 0.0440. The number of hydrogen-bond acceptors (Lipinski definition) is 4. The summed E-state index contributed by atoms with van der Waals surface area (Å²) in [5.41, 5.74) is 0.829. The number of amides is 1. The van der Waals surface area contributed by atoms with E-state index in [0.29, 0.717) is 18.9 Å². The maximum atomic E-state index is 12.2. The maximum Gasteiger partial charge on any atom is 0.303 e. The quantitative estimate of drug-likeness (QED) is 0.717. The summed E-state index contributed by atoms with van der Waals surface area (Å²) in [5, 5.41) is 12.6. The van der Waals surface area contributed by atoms with Crippen LogP contribution in [0.5, 0.6) is 0 Å². The average molecular weight is 324 g/mol. The van der Waals surface area contributed by atoms with Gasteiger partial charge in [0.25, 0.3) is 5.91 Å². The van der Waals surface area contributed by atoms with Crippen LogP contribution in [-0.4, -0.2) is 28.5 Å². The lowest BCUT2D eigenvalue weighted by molar-refractivity contribution is -0.137. The summed E-state index contributed by atoms with van der Waals surface area (Å²) in [6.45, 7) is 2.49. The van der Waals surface area contributed by atoms with E-state index in [1.54, 1.807) is 0 Å². The standard InChI is InChI=1S/C16H24N2O3S/c1-11-14(22-16(18-11)12-7-4-5-8-12)15(21)17-10-6-2-3-9-13(19)20/h12H,2-10H2,1H3,(H,17,21)(H,19,20). The van der Waals surface area contributed by atoms with Crippen molar-refractivity contribution in [3.05, 3.63) is 15.6 Å². The summed E-state index contributed by atoms with van der Waals surface area (Å²) in [4.78, 5) is 27.9. The number of hydrogen-bond donors (Lipinski definition) is 2. The highest BCUT2D eigenvalue weighted by Crippen LogP contribution is 2.37. The highest BCUT2D eigenvalue weighted by Gasteiger charge is 2.23. The molecule has 22 heavy (non-hydrogen) atoms. The average Bonchev–Trinajstić information content (AvgIpc) is 3.11. The van der Waals surface area contributed by atoms with Gasteiger partial charge in [-0.15, -0.1) is 11.3 Å². The van der Waals surface area contributed by atoms with E-state index in [2.05, 4.69) is 10.3 Å². The van der Waals surface area contributed by atoms with Crippen LogP contribution in [0.2, 0.25) is 0 Å². The fraction of sp³-hybridized carbons (Fsp3) is 0.688. The molecule has 1 heterocycles. The number of aromatic nitrogens is 1. The van der Waals surface area contributed by atoms with Crippen molar-refractivity contribution in [1.29, 1.82) is 0 Å². The number of unbranched alkanes of at least 4 members (excludes halogenated alkanes) is 2. The van der Waals surface area contributed by atoms with Crippen LogP contribution >= 0.6 is 11.3 Å². The molecule has 1 aliphatic carbocycles. The third-order valence-corrected chi connectivity index (χ3v) is 5.40. The van der Waals surface area contributed by atoms with Crippen LogP contribution in [0.3, 0.4) is 0 Å². The van der Waals surface area contributed by atoms with Gasteiger partial charge in [-0.2, -0.15) is 0 Å². The SMILES string of the molecule is Cc1nc(C2CCCC2)sc1C(=O)NCCCCCC(=O)O. The molecule has 0 atom stereocenters. The molecule has 1 aliphatic rings. The van der Waals surface area contributed by atoms with Gasteiger partial charge < -0.3 is 10.4 Å². The van der Waals surface area contributed by atoms with Gasteiger partial charge in [0.15, 0.2) is 0 Å². The first-order valence-electron chi connectivity index (χ1n) is 8.05. The first-order valence-corrected chi connectivity index (χ1v) is 8.87. The Kier molecular flexibility index (Phi) is 6.36. The topological polar surface area (TPSA) is 79.3 Å². The van der Waals surface area contributed by atoms with Crippen molar-refractivity contribution in [2.24, 2.45) is 0 Å². The van der Waals surface area contributed by atoms with E-state index in [9.17, 15) is 9.59 Å². The molecule has 1 fully saturated rings. The predicted octanol–water partition coefficient (Wildman–Crippen LogP) is 3.48. The molecule has 2 rings (SSSR count). The summed E-state index contributed by atoms with van der Waals surface area (Å²) in [6.07, 6.45) is 7.41. The van der Waals surface area contributed by atoms with Crippen LogP contribution < -0.4 is 5.32 Å². The van der Waals surface area contributed by atoms with Gasteiger partial charge in [-0.3, -0.25) is 9.59 Å². The zero-order valence-electron chi connectivity index (χ0n) is 13.1. The lowest BCUT2D eigenvalue weighted by Gasteiger charge is -2.04. The molecule has 1 aromatic heterocycles. The Labute approximate surface area is 135 Å². The largest absolute Gasteiger partial charge is 0.481 e. The van der Waals surface area contributed by atoms with E-state index < -0.39 is 5.97 Å². The second-order valence-corrected chi connectivity index (χ2v) is 6.94. The molecule has 0 spiro atoms. The summed E-state index contributed by atoms with van der Waals surface area (Å²) in [6, 6.07) is 0. The van der Waals surface area contributed by atoms with Gasteiger partial charge >= 0.3 is 5.97 Å². The Hall–Kier alpha value is -1.43. The second-order valence-electron chi connectivity index (χ2n) is 5.91. The van der Waals surface area contributed by atoms with E-state index in [-0.39, 0.29) is 12.3 Å². The fourth-order valence-corrected chi connectivity index (χ4v) is 3.99. The van der Waals surface area contributed by atoms with Gasteiger partial charge in [0.05, 0.1) is 10.7 Å². The fourth-order valence-electron chi connectivity index (χ4n) is 2.84. The lowest BCUT2D eigenvalue weighted by atomic mass is 10.1. The molecule has 0 radical (unpaired) electrons. The number of aliphatic carboxylic acids is 1. The van der Waals surface area contributed by atoms with Crippen molar-refractivity contribution in [3.63, 3.8) is 0 Å². The number of nitrogens with zero attached hydrogens (tertiary/aromatic N) is 1. The zero-order valence-corrected chi connectivity index (χ0v) is 13.9. The molecule has 122 valence electrons. The number of carbonyl (C=O) groups excluding carboxylic acids is 1. The van der Waals surface area contributed by atoms with Crippen LogP contribution in [0.4, 0.5) is 0 Å². The number of rotatable bonds is 8. The highest BCUT2D eigenvalue weighted by atomic mass is 32.1. The van der Waals surface area contributed by atoms with Gasteiger partial charge in [0.2, 0.25) is 0 Å². The van der Waals surface area contributed by atoms with E-state index in [4.69, 9.17) is 5.11 Å². The molecule has 0 aromatic carbocycles. The third kappa shape index (κ3) is 4.80. The van der Waals surface area contributed by atoms with Crippen LogP contribution in [0.25, 0.3) is 0 Å². The second kappa shape index (κ2) is 8.27. The van der Waals surface area contributed by atoms with E-state index in [1.807, 2.05) is 6.92 Å². The molecular formula is C16H24N2O3S. The lowest BCUT2D eigenvalue weighted by Crippen LogP contribution is -2.24. The molecule has 0 unspecified atom stereocenters. The van der Waals surface area contributed by atoms with Gasteiger partial charge in [-0.05, 0) is 32.6 Å². The van der Waals surface area contributed by atoms with Gasteiger partial charge in [-0.25, -0.2) is 4.98 Å². The Bertz CT molecular complexity index is 521. The molecular weight excluding hydrogens is 300 g/mol. The number of carboxylic acids is 1. The zero-order chi connectivity index (χ0) is 15.9. The Morgan fingerprint density at radius 1 is 1.27 bits per heavy atom. The molecule has 1 aromatic rings. The monoisotopic (exact) mass is 324 g/mol. The number of nitrogens with one attached hydrogen (secondary N) is 1. The molecule has 0 aliphatic heterocycles. The molecule has 2 N–H and O–H groups in total. The number of carbonyl (C=O) groups is 2. The van der Waals surface area contributed by atoms with Gasteiger partial charge in [0, 0.05) is 18.9 Å². The minimum atomic E-state index is -0.760. The Morgan fingerprint density at radius 3 is 2.68 bits per heavy atom. The molecule has 6 heteroatoms. The number of carboxylic acid groups (broad SMARTS) is 1. The number of thiazole rings is 1. The van der Waals surface area contributed by atoms with Gasteiger partial charge in [0.1, 0.15) is 4.88 Å². The molecule has 1 amide bonds. The molecule has 5 nitrogen and oxygen atoms in total. The molecule has 0 saturated heterocycles. The summed E-state index contributed by atoms with van der Waals surface area (Å²) in [5.74, 6) is -0.262. The first kappa shape index (κ1) is 16.9. The Morgan fingerprint density at radius 2 is 2.00 bits per heavy atom. The smallest absolute Gasteiger partial charge is 0.303 e. The van der Waals surface area contributed by atoms with Crippen molar-refractivity contribution >= 4 is 23.2 Å². The minimum Gasteiger partial charge on any atom is -0.481 e. The molecule has 0 bridgehead atoms. The maximum absolute atomic E-state index is 12.2. The van der Waals surface area contributed by atoms with Crippen LogP contribution in [-0.2, 0) is 4.79 Å². The predicted molar refractivity (Wildman–Crippen MR) is 86.5 cm³/mol. The highest BCUT2D eigenvalue weighted by molar-refractivity contribution is 7.13. The van der Waals surface area contributed by atoms with Crippen molar-refractivity contribution in [2.75, 3.05) is 6.54 Å². The van der Waals surface area contributed by atoms with Crippen LogP contribution in [0.1, 0.15) is 77.7 Å². The van der Waals surface area contributed by atoms with Crippen molar-refractivity contribution in [2.45, 2.75) is 64.2 Å². The van der Waals surface area contributed by atoms with Crippen LogP contribution in [0.15, 0.2) is 0 Å². The van der Waals surface area contributed by atoms with E-state index >= 15 is 0 Å². The number of aryl methyl sites for hydroxylation is 1. The van der Waals surface area contributed by atoms with E-state index in [0.717, 1.165) is 28.4 Å². The Balaban J connectivity index is 1.76. The molecule has 1 saturated carbocycles. The normalized spacial score (nSPS) is 15.1. The van der Waals surface area contributed by atoms with E-state index in [1.165, 1.54) is 37.0 Å². The van der Waals surface area contributed by atoms with Gasteiger partial charge in [-0.1, -0.05) is 19.3 Å². The summed E-state index contributed by atoms with van der Waals surface area (Å²) in [7, 11) is 0. The van der Waals surface area contributed by atoms with Crippen molar-refractivity contribution in [3.8, 4) is 0 Å². The third-order valence-electron chi connectivity index (χ3n) is 4.08. The first-order chi connectivity index (χ1) is 10.6. The summed E-state index contributed by atoms with van der Waals surface area (Å²) < 4.78 is 0. The van der Waals surface area contributed by atoms with Crippen molar-refractivity contribution < 1.29 is 14.7 Å². The van der Waals surface area contributed by atoms with Crippen molar-refractivity contribution in [1.82, 2.24) is 10.3 Å². The summed E-state index contributed by atoms with van der Waals surface area (Å²) >= 11 is 1.54.